The van der Waals surface area contributed by atoms with E-state index >= 15 is 0 Å². The van der Waals surface area contributed by atoms with Crippen molar-refractivity contribution < 1.29 is 31.6 Å². The van der Waals surface area contributed by atoms with Crippen LogP contribution in [0.1, 0.15) is 17.3 Å². The summed E-state index contributed by atoms with van der Waals surface area (Å²) in [5, 5.41) is 12.3. The Bertz CT molecular complexity index is 606. The maximum absolute atomic E-state index is 13.0. The van der Waals surface area contributed by atoms with Gasteiger partial charge >= 0.3 is 6.18 Å². The summed E-state index contributed by atoms with van der Waals surface area (Å²) in [6, 6.07) is 2.78. The number of aromatic nitrogens is 2. The van der Waals surface area contributed by atoms with Gasteiger partial charge in [0.2, 0.25) is 5.89 Å². The summed E-state index contributed by atoms with van der Waals surface area (Å²) in [6.45, 7) is 0. The van der Waals surface area contributed by atoms with E-state index in [9.17, 15) is 22.0 Å². The molecular weight excluding hydrogens is 299 g/mol. The van der Waals surface area contributed by atoms with E-state index in [0.29, 0.717) is 6.07 Å². The zero-order valence-corrected chi connectivity index (χ0v) is 10.4. The first-order chi connectivity index (χ1) is 9.74. The highest BCUT2D eigenvalue weighted by atomic mass is 19.4. The molecule has 0 aliphatic heterocycles. The molecule has 0 amide bonds. The van der Waals surface area contributed by atoms with Crippen molar-refractivity contribution in [2.45, 2.75) is 25.1 Å². The van der Waals surface area contributed by atoms with E-state index < -0.39 is 36.2 Å². The molecule has 0 aliphatic carbocycles. The van der Waals surface area contributed by atoms with Crippen molar-refractivity contribution in [3.63, 3.8) is 0 Å². The maximum atomic E-state index is 13.0. The van der Waals surface area contributed by atoms with Crippen LogP contribution in [0.2, 0.25) is 0 Å². The minimum absolute atomic E-state index is 0.0376. The van der Waals surface area contributed by atoms with Gasteiger partial charge in [0.05, 0.1) is 6.42 Å². The third kappa shape index (κ3) is 4.22. The molecule has 0 spiro atoms. The molecule has 1 aromatic heterocycles. The minimum Gasteiger partial charge on any atom is -0.383 e. The van der Waals surface area contributed by atoms with Gasteiger partial charge in [0.25, 0.3) is 0 Å². The van der Waals surface area contributed by atoms with Crippen LogP contribution in [-0.4, -0.2) is 27.5 Å². The zero-order valence-electron chi connectivity index (χ0n) is 10.4. The third-order valence-electron chi connectivity index (χ3n) is 2.54. The fourth-order valence-electron chi connectivity index (χ4n) is 1.62. The first-order valence-corrected chi connectivity index (χ1v) is 5.75. The van der Waals surface area contributed by atoms with E-state index in [1.54, 1.807) is 0 Å². The van der Waals surface area contributed by atoms with Crippen LogP contribution in [0.3, 0.4) is 0 Å². The van der Waals surface area contributed by atoms with Crippen LogP contribution >= 0.6 is 0 Å². The number of benzene rings is 1. The number of alkyl halides is 3. The Morgan fingerprint density at radius 3 is 2.33 bits per heavy atom. The molecule has 21 heavy (non-hydrogen) atoms. The van der Waals surface area contributed by atoms with Crippen LogP contribution in [-0.2, 0) is 12.8 Å². The van der Waals surface area contributed by atoms with Gasteiger partial charge in [0.1, 0.15) is 11.6 Å². The van der Waals surface area contributed by atoms with Crippen molar-refractivity contribution in [1.82, 2.24) is 10.1 Å². The minimum atomic E-state index is -4.79. The predicted molar refractivity (Wildman–Crippen MR) is 59.2 cm³/mol. The van der Waals surface area contributed by atoms with Gasteiger partial charge in [0.15, 0.2) is 11.9 Å². The molecule has 1 aromatic carbocycles. The van der Waals surface area contributed by atoms with E-state index in [1.807, 2.05) is 0 Å². The molecule has 1 atom stereocenters. The van der Waals surface area contributed by atoms with Gasteiger partial charge in [-0.2, -0.15) is 18.2 Å². The van der Waals surface area contributed by atoms with E-state index in [0.717, 1.165) is 12.1 Å². The highest BCUT2D eigenvalue weighted by molar-refractivity contribution is 5.21. The highest BCUT2D eigenvalue weighted by Crippen LogP contribution is 2.22. The largest absolute Gasteiger partial charge is 0.414 e. The zero-order chi connectivity index (χ0) is 15.6. The molecule has 0 saturated carbocycles. The quantitative estimate of drug-likeness (QED) is 0.881. The van der Waals surface area contributed by atoms with Crippen molar-refractivity contribution in [3.05, 3.63) is 47.1 Å². The second kappa shape index (κ2) is 5.76. The molecule has 1 heterocycles. The number of aliphatic hydroxyl groups excluding tert-OH is 1. The van der Waals surface area contributed by atoms with Gasteiger partial charge in [-0.05, 0) is 17.7 Å². The SMILES string of the molecule is OC(Cc1nc(Cc2cc(F)cc(F)c2)no1)C(F)(F)F. The third-order valence-corrected chi connectivity index (χ3v) is 2.54. The number of rotatable bonds is 4. The van der Waals surface area contributed by atoms with Gasteiger partial charge in [-0.1, -0.05) is 5.16 Å². The molecule has 1 unspecified atom stereocenters. The van der Waals surface area contributed by atoms with Gasteiger partial charge in [0, 0.05) is 12.5 Å². The lowest BCUT2D eigenvalue weighted by atomic mass is 10.1. The summed E-state index contributed by atoms with van der Waals surface area (Å²) in [5.41, 5.74) is 0.205. The number of hydrogen-bond acceptors (Lipinski definition) is 4. The number of aliphatic hydroxyl groups is 1. The first-order valence-electron chi connectivity index (χ1n) is 5.75. The number of hydrogen-bond donors (Lipinski definition) is 1. The monoisotopic (exact) mass is 308 g/mol. The number of halogens is 5. The van der Waals surface area contributed by atoms with E-state index in [-0.39, 0.29) is 17.8 Å². The van der Waals surface area contributed by atoms with Crippen LogP contribution < -0.4 is 0 Å². The predicted octanol–water partition coefficient (Wildman–Crippen LogP) is 2.40. The Labute approximate surface area is 115 Å². The van der Waals surface area contributed by atoms with Gasteiger partial charge < -0.3 is 9.63 Å². The lowest BCUT2D eigenvalue weighted by Gasteiger charge is -2.11. The van der Waals surface area contributed by atoms with E-state index in [2.05, 4.69) is 14.7 Å². The molecule has 114 valence electrons. The topological polar surface area (TPSA) is 59.2 Å². The Morgan fingerprint density at radius 2 is 1.76 bits per heavy atom. The molecule has 0 fully saturated rings. The summed E-state index contributed by atoms with van der Waals surface area (Å²) in [5.74, 6) is -2.03. The summed E-state index contributed by atoms with van der Waals surface area (Å²) >= 11 is 0. The van der Waals surface area contributed by atoms with Crippen molar-refractivity contribution in [1.29, 1.82) is 0 Å². The fraction of sp³-hybridized carbons (Fsp3) is 0.333. The van der Waals surface area contributed by atoms with Gasteiger partial charge in [-0.15, -0.1) is 0 Å². The molecular formula is C12H9F5N2O2. The van der Waals surface area contributed by atoms with Crippen LogP contribution in [0.25, 0.3) is 0 Å². The van der Waals surface area contributed by atoms with Crippen molar-refractivity contribution in [2.24, 2.45) is 0 Å². The summed E-state index contributed by atoms with van der Waals surface area (Å²) in [7, 11) is 0. The second-order valence-corrected chi connectivity index (χ2v) is 4.32. The lowest BCUT2D eigenvalue weighted by molar-refractivity contribution is -0.204. The molecule has 2 rings (SSSR count). The highest BCUT2D eigenvalue weighted by Gasteiger charge is 2.39. The van der Waals surface area contributed by atoms with Crippen LogP contribution in [0.5, 0.6) is 0 Å². The molecule has 0 saturated heterocycles. The standard InChI is InChI=1S/C12H9F5N2O2/c13-7-1-6(2-8(14)4-7)3-10-18-11(21-19-10)5-9(20)12(15,16)17/h1-2,4,9,20H,3,5H2. The molecule has 0 radical (unpaired) electrons. The van der Waals surface area contributed by atoms with Gasteiger partial charge in [-0.3, -0.25) is 0 Å². The molecule has 1 N–H and O–H groups in total. The van der Waals surface area contributed by atoms with Crippen LogP contribution in [0.15, 0.2) is 22.7 Å². The summed E-state index contributed by atoms with van der Waals surface area (Å²) < 4.78 is 67.0. The average molecular weight is 308 g/mol. The van der Waals surface area contributed by atoms with Crippen molar-refractivity contribution in [2.75, 3.05) is 0 Å². The van der Waals surface area contributed by atoms with E-state index in [4.69, 9.17) is 5.11 Å². The molecule has 4 nitrogen and oxygen atoms in total. The Balaban J connectivity index is 2.06. The average Bonchev–Trinajstić information content (AvgIpc) is 2.73. The van der Waals surface area contributed by atoms with Gasteiger partial charge in [-0.25, -0.2) is 8.78 Å². The first kappa shape index (κ1) is 15.4. The molecule has 0 bridgehead atoms. The van der Waals surface area contributed by atoms with E-state index in [1.165, 1.54) is 0 Å². The van der Waals surface area contributed by atoms with Crippen molar-refractivity contribution >= 4 is 0 Å². The Kier molecular flexibility index (Phi) is 4.21. The molecule has 9 heteroatoms. The smallest absolute Gasteiger partial charge is 0.383 e. The Morgan fingerprint density at radius 1 is 1.14 bits per heavy atom. The van der Waals surface area contributed by atoms with Crippen LogP contribution in [0, 0.1) is 11.6 Å². The lowest BCUT2D eigenvalue weighted by Crippen LogP contribution is -2.30. The fourth-order valence-corrected chi connectivity index (χ4v) is 1.62. The normalized spacial score (nSPS) is 13.4. The molecule has 2 aromatic rings. The second-order valence-electron chi connectivity index (χ2n) is 4.32. The Hall–Kier alpha value is -2.03. The number of nitrogens with zero attached hydrogens (tertiary/aromatic N) is 2. The summed E-state index contributed by atoms with van der Waals surface area (Å²) in [6.07, 6.45) is -8.40. The summed E-state index contributed by atoms with van der Waals surface area (Å²) in [4.78, 5) is 3.64. The molecule has 0 aliphatic rings. The van der Waals surface area contributed by atoms with Crippen molar-refractivity contribution in [3.8, 4) is 0 Å². The van der Waals surface area contributed by atoms with Crippen LogP contribution in [0.4, 0.5) is 22.0 Å². The maximum Gasteiger partial charge on any atom is 0.414 e.